The smallest absolute Gasteiger partial charge is 0.342 e. The Bertz CT molecular complexity index is 279. The number of aromatic nitrogens is 2. The van der Waals surface area contributed by atoms with Crippen LogP contribution in [0.1, 0.15) is 0 Å². The Hall–Kier alpha value is -1.65. The van der Waals surface area contributed by atoms with Gasteiger partial charge >= 0.3 is 5.82 Å². The molecule has 0 amide bonds. The fourth-order valence-corrected chi connectivity index (χ4v) is 0.746. The SMILES string of the molecule is C=CCn1cncc1[N+](=O)[O-]. The van der Waals surface area contributed by atoms with Crippen molar-refractivity contribution >= 4 is 5.82 Å². The summed E-state index contributed by atoms with van der Waals surface area (Å²) in [6.07, 6.45) is 4.19. The van der Waals surface area contributed by atoms with Crippen LogP contribution in [0.2, 0.25) is 0 Å². The van der Waals surface area contributed by atoms with Crippen LogP contribution in [-0.2, 0) is 6.54 Å². The lowest BCUT2D eigenvalue weighted by Crippen LogP contribution is -1.99. The van der Waals surface area contributed by atoms with Crippen molar-refractivity contribution in [2.45, 2.75) is 6.54 Å². The molecule has 0 N–H and O–H groups in total. The van der Waals surface area contributed by atoms with Gasteiger partial charge in [0.2, 0.25) is 0 Å². The number of hydrogen-bond donors (Lipinski definition) is 0. The molecule has 1 aromatic rings. The van der Waals surface area contributed by atoms with E-state index in [2.05, 4.69) is 11.6 Å². The number of allylic oxidation sites excluding steroid dienone is 1. The van der Waals surface area contributed by atoms with Crippen molar-refractivity contribution in [3.8, 4) is 0 Å². The van der Waals surface area contributed by atoms with Crippen molar-refractivity contribution in [1.82, 2.24) is 9.55 Å². The van der Waals surface area contributed by atoms with Crippen LogP contribution in [0.4, 0.5) is 5.82 Å². The number of nitrogens with zero attached hydrogens (tertiary/aromatic N) is 3. The summed E-state index contributed by atoms with van der Waals surface area (Å²) >= 11 is 0. The first-order valence-electron chi connectivity index (χ1n) is 3.01. The van der Waals surface area contributed by atoms with Crippen LogP contribution in [0.15, 0.2) is 25.2 Å². The standard InChI is InChI=1S/C6H7N3O2/c1-2-3-8-5-7-4-6(8)9(10)11/h2,4-5H,1,3H2. The van der Waals surface area contributed by atoms with Gasteiger partial charge in [-0.25, -0.2) is 9.55 Å². The summed E-state index contributed by atoms with van der Waals surface area (Å²) < 4.78 is 1.41. The molecule has 0 spiro atoms. The van der Waals surface area contributed by atoms with Crippen molar-refractivity contribution in [3.05, 3.63) is 35.3 Å². The van der Waals surface area contributed by atoms with Crippen LogP contribution < -0.4 is 0 Å². The minimum Gasteiger partial charge on any atom is -0.358 e. The van der Waals surface area contributed by atoms with Crippen LogP contribution in [0.25, 0.3) is 0 Å². The molecule has 0 radical (unpaired) electrons. The van der Waals surface area contributed by atoms with E-state index in [9.17, 15) is 10.1 Å². The normalized spacial score (nSPS) is 9.45. The fourth-order valence-electron chi connectivity index (χ4n) is 0.746. The second-order valence-corrected chi connectivity index (χ2v) is 1.95. The van der Waals surface area contributed by atoms with E-state index < -0.39 is 4.92 Å². The Morgan fingerprint density at radius 3 is 3.18 bits per heavy atom. The van der Waals surface area contributed by atoms with E-state index in [1.807, 2.05) is 0 Å². The molecule has 0 bridgehead atoms. The maximum atomic E-state index is 10.3. The van der Waals surface area contributed by atoms with Gasteiger partial charge in [0.25, 0.3) is 0 Å². The summed E-state index contributed by atoms with van der Waals surface area (Å²) in [5, 5.41) is 10.3. The largest absolute Gasteiger partial charge is 0.358 e. The summed E-state index contributed by atoms with van der Waals surface area (Å²) in [7, 11) is 0. The highest BCUT2D eigenvalue weighted by molar-refractivity contribution is 5.15. The van der Waals surface area contributed by atoms with Gasteiger partial charge in [0.15, 0.2) is 6.33 Å². The molecule has 0 aromatic carbocycles. The molecule has 0 saturated carbocycles. The predicted octanol–water partition coefficient (Wildman–Crippen LogP) is 0.977. The molecule has 0 aliphatic rings. The average Bonchev–Trinajstić information content (AvgIpc) is 2.36. The van der Waals surface area contributed by atoms with Gasteiger partial charge in [0.05, 0.1) is 0 Å². The maximum absolute atomic E-state index is 10.3. The van der Waals surface area contributed by atoms with Crippen molar-refractivity contribution in [2.75, 3.05) is 0 Å². The third-order valence-corrected chi connectivity index (χ3v) is 1.20. The van der Waals surface area contributed by atoms with E-state index in [1.54, 1.807) is 6.08 Å². The predicted molar refractivity (Wildman–Crippen MR) is 39.1 cm³/mol. The zero-order valence-electron chi connectivity index (χ0n) is 5.80. The molecule has 0 unspecified atom stereocenters. The molecular formula is C6H7N3O2. The minimum atomic E-state index is -0.476. The molecule has 1 rings (SSSR count). The zero-order valence-corrected chi connectivity index (χ0v) is 5.80. The Morgan fingerprint density at radius 1 is 1.91 bits per heavy atom. The lowest BCUT2D eigenvalue weighted by atomic mass is 10.6. The Balaban J connectivity index is 2.95. The maximum Gasteiger partial charge on any atom is 0.342 e. The van der Waals surface area contributed by atoms with E-state index >= 15 is 0 Å². The minimum absolute atomic E-state index is 0.00935. The molecule has 58 valence electrons. The Kier molecular flexibility index (Phi) is 2.00. The van der Waals surface area contributed by atoms with Crippen molar-refractivity contribution in [3.63, 3.8) is 0 Å². The summed E-state index contributed by atoms with van der Waals surface area (Å²) in [5.41, 5.74) is 0. The molecule has 0 saturated heterocycles. The number of nitro groups is 1. The van der Waals surface area contributed by atoms with Crippen molar-refractivity contribution in [2.24, 2.45) is 0 Å². The molecule has 11 heavy (non-hydrogen) atoms. The monoisotopic (exact) mass is 153 g/mol. The number of hydrogen-bond acceptors (Lipinski definition) is 3. The topological polar surface area (TPSA) is 61.0 Å². The first kappa shape index (κ1) is 7.46. The first-order valence-corrected chi connectivity index (χ1v) is 3.01. The van der Waals surface area contributed by atoms with E-state index in [0.29, 0.717) is 6.54 Å². The second kappa shape index (κ2) is 2.96. The summed E-state index contributed by atoms with van der Waals surface area (Å²) in [6.45, 7) is 3.88. The number of rotatable bonds is 3. The molecule has 0 aliphatic heterocycles. The molecule has 5 nitrogen and oxygen atoms in total. The molecule has 1 aromatic heterocycles. The van der Waals surface area contributed by atoms with Gasteiger partial charge in [0.1, 0.15) is 12.7 Å². The van der Waals surface area contributed by atoms with Crippen LogP contribution >= 0.6 is 0 Å². The van der Waals surface area contributed by atoms with E-state index in [4.69, 9.17) is 0 Å². The third-order valence-electron chi connectivity index (χ3n) is 1.20. The van der Waals surface area contributed by atoms with Gasteiger partial charge < -0.3 is 10.1 Å². The molecule has 5 heteroatoms. The van der Waals surface area contributed by atoms with Gasteiger partial charge in [-0.05, 0) is 4.92 Å². The first-order chi connectivity index (χ1) is 5.25. The summed E-state index contributed by atoms with van der Waals surface area (Å²) in [6, 6.07) is 0. The van der Waals surface area contributed by atoms with Crippen LogP contribution in [0, 0.1) is 10.1 Å². The quantitative estimate of drug-likeness (QED) is 0.369. The fraction of sp³-hybridized carbons (Fsp3) is 0.167. The second-order valence-electron chi connectivity index (χ2n) is 1.95. The number of imidazole rings is 1. The molecule has 1 heterocycles. The zero-order chi connectivity index (χ0) is 8.27. The Morgan fingerprint density at radius 2 is 2.64 bits per heavy atom. The highest BCUT2D eigenvalue weighted by atomic mass is 16.6. The molecular weight excluding hydrogens is 146 g/mol. The molecule has 0 aliphatic carbocycles. The van der Waals surface area contributed by atoms with E-state index in [0.717, 1.165) is 0 Å². The molecule has 0 fully saturated rings. The lowest BCUT2D eigenvalue weighted by molar-refractivity contribution is -0.392. The van der Waals surface area contributed by atoms with Gasteiger partial charge in [-0.15, -0.1) is 0 Å². The highest BCUT2D eigenvalue weighted by Crippen LogP contribution is 2.08. The van der Waals surface area contributed by atoms with E-state index in [1.165, 1.54) is 17.1 Å². The molecule has 0 atom stereocenters. The Labute approximate surface area is 63.1 Å². The van der Waals surface area contributed by atoms with Gasteiger partial charge in [-0.2, -0.15) is 0 Å². The van der Waals surface area contributed by atoms with Crippen LogP contribution in [0.3, 0.4) is 0 Å². The van der Waals surface area contributed by atoms with E-state index in [-0.39, 0.29) is 5.82 Å². The van der Waals surface area contributed by atoms with Gasteiger partial charge in [0, 0.05) is 0 Å². The van der Waals surface area contributed by atoms with Crippen molar-refractivity contribution in [1.29, 1.82) is 0 Å². The average molecular weight is 153 g/mol. The third kappa shape index (κ3) is 1.43. The summed E-state index contributed by atoms with van der Waals surface area (Å²) in [5.74, 6) is -0.00935. The lowest BCUT2D eigenvalue weighted by Gasteiger charge is -1.94. The van der Waals surface area contributed by atoms with Crippen molar-refractivity contribution < 1.29 is 4.92 Å². The van der Waals surface area contributed by atoms with Crippen LogP contribution in [-0.4, -0.2) is 14.5 Å². The summed E-state index contributed by atoms with van der Waals surface area (Å²) in [4.78, 5) is 13.4. The van der Waals surface area contributed by atoms with Gasteiger partial charge in [-0.3, -0.25) is 0 Å². The van der Waals surface area contributed by atoms with Gasteiger partial charge in [-0.1, -0.05) is 12.7 Å². The highest BCUT2D eigenvalue weighted by Gasteiger charge is 2.09. The van der Waals surface area contributed by atoms with Crippen LogP contribution in [0.5, 0.6) is 0 Å².